The SMILES string of the molecule is O=C(NNC(=O)C1CCN(c2ccccc2[N+](=O)[O-])CC1)c1ccc(Br)s1. The minimum atomic E-state index is -0.396. The van der Waals surface area contributed by atoms with Crippen LogP contribution in [0.25, 0.3) is 0 Å². The molecule has 10 heteroatoms. The molecule has 0 bridgehead atoms. The van der Waals surface area contributed by atoms with Crippen LogP contribution in [0.15, 0.2) is 40.2 Å². The number of hydrogen-bond acceptors (Lipinski definition) is 6. The van der Waals surface area contributed by atoms with Gasteiger partial charge in [-0.25, -0.2) is 0 Å². The number of thiophene rings is 1. The summed E-state index contributed by atoms with van der Waals surface area (Å²) >= 11 is 4.56. The zero-order chi connectivity index (χ0) is 19.4. The Morgan fingerprint density at radius 1 is 1.15 bits per heavy atom. The fourth-order valence-corrected chi connectivity index (χ4v) is 4.27. The Balaban J connectivity index is 1.52. The van der Waals surface area contributed by atoms with E-state index in [2.05, 4.69) is 26.8 Å². The highest BCUT2D eigenvalue weighted by atomic mass is 79.9. The van der Waals surface area contributed by atoms with Crippen molar-refractivity contribution in [3.05, 3.63) is 55.2 Å². The number of nitrogens with zero attached hydrogens (tertiary/aromatic N) is 2. The molecule has 2 amide bonds. The van der Waals surface area contributed by atoms with E-state index >= 15 is 0 Å². The molecule has 0 spiro atoms. The maximum atomic E-state index is 12.3. The Morgan fingerprint density at radius 3 is 2.48 bits per heavy atom. The van der Waals surface area contributed by atoms with Gasteiger partial charge in [0.2, 0.25) is 5.91 Å². The van der Waals surface area contributed by atoms with Gasteiger partial charge in [0, 0.05) is 25.1 Å². The number of carbonyl (C=O) groups is 2. The molecule has 27 heavy (non-hydrogen) atoms. The number of halogens is 1. The highest BCUT2D eigenvalue weighted by Gasteiger charge is 2.28. The number of amides is 2. The Morgan fingerprint density at radius 2 is 1.85 bits per heavy atom. The number of para-hydroxylation sites is 2. The van der Waals surface area contributed by atoms with Gasteiger partial charge < -0.3 is 4.90 Å². The molecule has 2 heterocycles. The van der Waals surface area contributed by atoms with Gasteiger partial charge in [-0.1, -0.05) is 12.1 Å². The van der Waals surface area contributed by atoms with Gasteiger partial charge in [0.05, 0.1) is 13.6 Å². The summed E-state index contributed by atoms with van der Waals surface area (Å²) in [5.41, 5.74) is 5.53. The lowest BCUT2D eigenvalue weighted by Crippen LogP contribution is -2.47. The van der Waals surface area contributed by atoms with Gasteiger partial charge in [-0.2, -0.15) is 0 Å². The Hall–Kier alpha value is -2.46. The van der Waals surface area contributed by atoms with E-state index in [9.17, 15) is 19.7 Å². The first kappa shape index (κ1) is 19.3. The summed E-state index contributed by atoms with van der Waals surface area (Å²) in [6, 6.07) is 10.0. The fraction of sp³-hybridized carbons (Fsp3) is 0.294. The van der Waals surface area contributed by atoms with Crippen LogP contribution in [0.1, 0.15) is 22.5 Å². The van der Waals surface area contributed by atoms with E-state index in [1.807, 2.05) is 4.90 Å². The third-order valence-electron chi connectivity index (χ3n) is 4.38. The van der Waals surface area contributed by atoms with Gasteiger partial charge in [0.15, 0.2) is 0 Å². The molecule has 1 aliphatic heterocycles. The minimum absolute atomic E-state index is 0.0646. The lowest BCUT2D eigenvalue weighted by molar-refractivity contribution is -0.384. The summed E-state index contributed by atoms with van der Waals surface area (Å²) in [5, 5.41) is 11.2. The van der Waals surface area contributed by atoms with Gasteiger partial charge >= 0.3 is 0 Å². The average Bonchev–Trinajstić information content (AvgIpc) is 3.12. The van der Waals surface area contributed by atoms with Crippen molar-refractivity contribution in [3.63, 3.8) is 0 Å². The summed E-state index contributed by atoms with van der Waals surface area (Å²) in [4.78, 5) is 37.5. The van der Waals surface area contributed by atoms with Crippen LogP contribution < -0.4 is 15.8 Å². The van der Waals surface area contributed by atoms with Crippen molar-refractivity contribution >= 4 is 50.5 Å². The Bertz CT molecular complexity index is 864. The topological polar surface area (TPSA) is 105 Å². The maximum absolute atomic E-state index is 12.3. The molecule has 2 N–H and O–H groups in total. The number of carbonyl (C=O) groups excluding carboxylic acids is 2. The smallest absolute Gasteiger partial charge is 0.292 e. The normalized spacial score (nSPS) is 14.6. The summed E-state index contributed by atoms with van der Waals surface area (Å²) < 4.78 is 0.835. The van der Waals surface area contributed by atoms with Gasteiger partial charge in [0.1, 0.15) is 5.69 Å². The van der Waals surface area contributed by atoms with Crippen molar-refractivity contribution in [2.24, 2.45) is 5.92 Å². The first-order valence-electron chi connectivity index (χ1n) is 8.29. The van der Waals surface area contributed by atoms with Crippen LogP contribution in [-0.2, 0) is 4.79 Å². The zero-order valence-corrected chi connectivity index (χ0v) is 16.6. The van der Waals surface area contributed by atoms with E-state index in [1.54, 1.807) is 30.3 Å². The van der Waals surface area contributed by atoms with Crippen molar-refractivity contribution in [1.29, 1.82) is 0 Å². The molecule has 1 fully saturated rings. The summed E-state index contributed by atoms with van der Waals surface area (Å²) in [6.07, 6.45) is 1.11. The van der Waals surface area contributed by atoms with Crippen molar-refractivity contribution in [2.75, 3.05) is 18.0 Å². The van der Waals surface area contributed by atoms with E-state index in [-0.39, 0.29) is 23.4 Å². The van der Waals surface area contributed by atoms with Gasteiger partial charge in [0.25, 0.3) is 11.6 Å². The number of anilines is 1. The van der Waals surface area contributed by atoms with Crippen LogP contribution in [0.4, 0.5) is 11.4 Å². The summed E-state index contributed by atoms with van der Waals surface area (Å²) in [7, 11) is 0. The molecule has 0 unspecified atom stereocenters. The highest BCUT2D eigenvalue weighted by Crippen LogP contribution is 2.31. The standard InChI is InChI=1S/C17H17BrN4O4S/c18-15-6-5-14(27-15)17(24)20-19-16(23)11-7-9-21(10-8-11)12-3-1-2-4-13(12)22(25)26/h1-6,11H,7-10H2,(H,19,23)(H,20,24). The van der Waals surface area contributed by atoms with Crippen LogP contribution in [0, 0.1) is 16.0 Å². The molecule has 1 aromatic carbocycles. The number of piperidine rings is 1. The van der Waals surface area contributed by atoms with Gasteiger partial charge in [-0.05, 0) is 47.0 Å². The highest BCUT2D eigenvalue weighted by molar-refractivity contribution is 9.11. The van der Waals surface area contributed by atoms with Crippen LogP contribution in [0.5, 0.6) is 0 Å². The van der Waals surface area contributed by atoms with Crippen LogP contribution >= 0.6 is 27.3 Å². The number of nitro groups is 1. The maximum Gasteiger partial charge on any atom is 0.292 e. The molecule has 8 nitrogen and oxygen atoms in total. The van der Waals surface area contributed by atoms with E-state index in [0.717, 1.165) is 3.79 Å². The van der Waals surface area contributed by atoms with Crippen molar-refractivity contribution < 1.29 is 14.5 Å². The second-order valence-electron chi connectivity index (χ2n) is 6.05. The van der Waals surface area contributed by atoms with E-state index in [4.69, 9.17) is 0 Å². The molecule has 0 saturated carbocycles. The molecule has 0 atom stereocenters. The van der Waals surface area contributed by atoms with E-state index in [1.165, 1.54) is 17.4 Å². The first-order valence-corrected chi connectivity index (χ1v) is 9.90. The molecule has 142 valence electrons. The largest absolute Gasteiger partial charge is 0.366 e. The van der Waals surface area contributed by atoms with Crippen molar-refractivity contribution in [3.8, 4) is 0 Å². The molecular formula is C17H17BrN4O4S. The predicted molar refractivity (Wildman–Crippen MR) is 106 cm³/mol. The number of hydrogen-bond donors (Lipinski definition) is 2. The van der Waals surface area contributed by atoms with Crippen LogP contribution in [0.3, 0.4) is 0 Å². The molecule has 1 saturated heterocycles. The lowest BCUT2D eigenvalue weighted by atomic mass is 9.95. The number of nitro benzene ring substituents is 1. The number of benzene rings is 1. The molecule has 1 aromatic heterocycles. The monoisotopic (exact) mass is 452 g/mol. The minimum Gasteiger partial charge on any atom is -0.366 e. The second kappa shape index (κ2) is 8.49. The predicted octanol–water partition coefficient (Wildman–Crippen LogP) is 3.10. The Labute approximate surface area is 167 Å². The molecule has 0 radical (unpaired) electrons. The van der Waals surface area contributed by atoms with Gasteiger partial charge in [-0.3, -0.25) is 30.6 Å². The molecular weight excluding hydrogens is 436 g/mol. The number of hydrazine groups is 1. The summed E-state index contributed by atoms with van der Waals surface area (Å²) in [5.74, 6) is -0.864. The van der Waals surface area contributed by atoms with Crippen LogP contribution in [0.2, 0.25) is 0 Å². The van der Waals surface area contributed by atoms with E-state index < -0.39 is 4.92 Å². The third kappa shape index (κ3) is 4.64. The average molecular weight is 453 g/mol. The quantitative estimate of drug-likeness (QED) is 0.547. The summed E-state index contributed by atoms with van der Waals surface area (Å²) in [6.45, 7) is 1.07. The second-order valence-corrected chi connectivity index (χ2v) is 8.52. The van der Waals surface area contributed by atoms with Crippen molar-refractivity contribution in [1.82, 2.24) is 10.9 Å². The van der Waals surface area contributed by atoms with Gasteiger partial charge in [-0.15, -0.1) is 11.3 Å². The van der Waals surface area contributed by atoms with Crippen molar-refractivity contribution in [2.45, 2.75) is 12.8 Å². The molecule has 0 aliphatic carbocycles. The fourth-order valence-electron chi connectivity index (χ4n) is 2.99. The number of nitrogens with one attached hydrogen (secondary N) is 2. The number of rotatable bonds is 4. The third-order valence-corrected chi connectivity index (χ3v) is 6.00. The Kier molecular flexibility index (Phi) is 6.07. The molecule has 2 aromatic rings. The zero-order valence-electron chi connectivity index (χ0n) is 14.2. The first-order chi connectivity index (χ1) is 13.0. The molecule has 3 rings (SSSR count). The van der Waals surface area contributed by atoms with E-state index in [0.29, 0.717) is 36.5 Å². The van der Waals surface area contributed by atoms with Crippen LogP contribution in [-0.4, -0.2) is 29.8 Å². The molecule has 1 aliphatic rings. The lowest BCUT2D eigenvalue weighted by Gasteiger charge is -2.32.